The quantitative estimate of drug-likeness (QED) is 0.762. The third-order valence-corrected chi connectivity index (χ3v) is 3.34. The second kappa shape index (κ2) is 9.22. The fourth-order valence-corrected chi connectivity index (χ4v) is 1.98. The molecule has 0 fully saturated rings. The number of amides is 2. The first kappa shape index (κ1) is 19.0. The molecule has 2 rings (SSSR count). The second-order valence-electron chi connectivity index (χ2n) is 5.29. The molecule has 0 heterocycles. The highest BCUT2D eigenvalue weighted by Gasteiger charge is 2.18. The van der Waals surface area contributed by atoms with Crippen molar-refractivity contribution in [3.05, 3.63) is 60.2 Å². The molecule has 0 aliphatic heterocycles. The van der Waals surface area contributed by atoms with Gasteiger partial charge >= 0.3 is 5.97 Å². The first-order valence-electron chi connectivity index (χ1n) is 7.86. The van der Waals surface area contributed by atoms with Gasteiger partial charge in [0.2, 0.25) is 0 Å². The maximum absolute atomic E-state index is 11.9. The lowest BCUT2D eigenvalue weighted by molar-refractivity contribution is -0.154. The van der Waals surface area contributed by atoms with E-state index in [1.165, 1.54) is 26.2 Å². The fraction of sp³-hybridized carbons (Fsp3) is 0.211. The maximum atomic E-state index is 11.9. The van der Waals surface area contributed by atoms with Crippen LogP contribution in [-0.4, -0.2) is 37.6 Å². The number of imide groups is 1. The van der Waals surface area contributed by atoms with Crippen molar-refractivity contribution in [2.24, 2.45) is 0 Å². The Kier molecular flexibility index (Phi) is 6.73. The van der Waals surface area contributed by atoms with Crippen LogP contribution in [0, 0.1) is 0 Å². The molecule has 0 spiro atoms. The van der Waals surface area contributed by atoms with Gasteiger partial charge in [-0.1, -0.05) is 18.2 Å². The van der Waals surface area contributed by atoms with Gasteiger partial charge in [-0.15, -0.1) is 0 Å². The highest BCUT2D eigenvalue weighted by molar-refractivity contribution is 6.05. The van der Waals surface area contributed by atoms with E-state index < -0.39 is 30.5 Å². The van der Waals surface area contributed by atoms with E-state index in [0.29, 0.717) is 11.5 Å². The molecule has 0 aliphatic rings. The molecular weight excluding hydrogens is 338 g/mol. The molecule has 2 aromatic rings. The summed E-state index contributed by atoms with van der Waals surface area (Å²) in [7, 11) is 1.51. The minimum atomic E-state index is -0.887. The zero-order valence-electron chi connectivity index (χ0n) is 14.4. The zero-order valence-corrected chi connectivity index (χ0v) is 14.4. The standard InChI is InChI=1S/C19H19NO6/c1-13(26-16-6-4-3-5-7-16)19(23)25-12-17(21)20-18(22)14-8-10-15(24-2)11-9-14/h3-11,13H,12H2,1-2H3,(H,20,21,22). The molecule has 136 valence electrons. The number of methoxy groups -OCH3 is 1. The molecule has 7 nitrogen and oxygen atoms in total. The summed E-state index contributed by atoms with van der Waals surface area (Å²) in [5.41, 5.74) is 0.284. The SMILES string of the molecule is COc1ccc(C(=O)NC(=O)COC(=O)C(C)Oc2ccccc2)cc1. The Morgan fingerprint density at radius 3 is 2.23 bits per heavy atom. The van der Waals surface area contributed by atoms with Crippen LogP contribution in [0.1, 0.15) is 17.3 Å². The average molecular weight is 357 g/mol. The van der Waals surface area contributed by atoms with Crippen molar-refractivity contribution in [3.8, 4) is 11.5 Å². The zero-order chi connectivity index (χ0) is 18.9. The molecule has 0 saturated carbocycles. The third-order valence-electron chi connectivity index (χ3n) is 3.34. The molecule has 1 atom stereocenters. The molecule has 0 aliphatic carbocycles. The Morgan fingerprint density at radius 2 is 1.62 bits per heavy atom. The van der Waals surface area contributed by atoms with Gasteiger partial charge in [0, 0.05) is 5.56 Å². The second-order valence-corrected chi connectivity index (χ2v) is 5.29. The summed E-state index contributed by atoms with van der Waals surface area (Å²) >= 11 is 0. The van der Waals surface area contributed by atoms with Crippen molar-refractivity contribution >= 4 is 17.8 Å². The number of esters is 1. The summed E-state index contributed by atoms with van der Waals surface area (Å²) in [6.07, 6.45) is -0.887. The number of rotatable bonds is 7. The van der Waals surface area contributed by atoms with Crippen molar-refractivity contribution in [1.82, 2.24) is 5.32 Å². The lowest BCUT2D eigenvalue weighted by Crippen LogP contribution is -2.36. The number of benzene rings is 2. The highest BCUT2D eigenvalue weighted by Crippen LogP contribution is 2.12. The van der Waals surface area contributed by atoms with Crippen molar-refractivity contribution in [3.63, 3.8) is 0 Å². The lowest BCUT2D eigenvalue weighted by atomic mass is 10.2. The topological polar surface area (TPSA) is 90.9 Å². The van der Waals surface area contributed by atoms with Gasteiger partial charge in [-0.05, 0) is 43.3 Å². The number of nitrogens with one attached hydrogen (secondary N) is 1. The summed E-state index contributed by atoms with van der Waals surface area (Å²) in [5.74, 6) is -0.931. The van der Waals surface area contributed by atoms with Crippen LogP contribution in [0.3, 0.4) is 0 Å². The Hall–Kier alpha value is -3.35. The molecule has 0 bridgehead atoms. The van der Waals surface area contributed by atoms with Crippen molar-refractivity contribution in [2.75, 3.05) is 13.7 Å². The summed E-state index contributed by atoms with van der Waals surface area (Å²) in [6, 6.07) is 15.0. The minimum absolute atomic E-state index is 0.284. The predicted octanol–water partition coefficient (Wildman–Crippen LogP) is 1.96. The summed E-state index contributed by atoms with van der Waals surface area (Å²) < 4.78 is 15.3. The summed E-state index contributed by atoms with van der Waals surface area (Å²) in [4.78, 5) is 35.5. The Bertz CT molecular complexity index is 757. The van der Waals surface area contributed by atoms with Crippen LogP contribution in [0.5, 0.6) is 11.5 Å². The molecule has 1 N–H and O–H groups in total. The normalized spacial score (nSPS) is 11.2. The van der Waals surface area contributed by atoms with E-state index in [0.717, 1.165) is 0 Å². The largest absolute Gasteiger partial charge is 0.497 e. The molecule has 26 heavy (non-hydrogen) atoms. The van der Waals surface area contributed by atoms with E-state index in [1.54, 1.807) is 36.4 Å². The molecule has 7 heteroatoms. The average Bonchev–Trinajstić information content (AvgIpc) is 2.66. The monoisotopic (exact) mass is 357 g/mol. The van der Waals surface area contributed by atoms with Crippen LogP contribution >= 0.6 is 0 Å². The van der Waals surface area contributed by atoms with Gasteiger partial charge in [-0.3, -0.25) is 14.9 Å². The smallest absolute Gasteiger partial charge is 0.347 e. The van der Waals surface area contributed by atoms with Gasteiger partial charge in [0.25, 0.3) is 11.8 Å². The van der Waals surface area contributed by atoms with Gasteiger partial charge in [-0.2, -0.15) is 0 Å². The number of carbonyl (C=O) groups excluding carboxylic acids is 3. The van der Waals surface area contributed by atoms with Crippen molar-refractivity contribution < 1.29 is 28.6 Å². The van der Waals surface area contributed by atoms with Crippen LogP contribution in [-0.2, 0) is 14.3 Å². The third kappa shape index (κ3) is 5.62. The summed E-state index contributed by atoms with van der Waals surface area (Å²) in [6.45, 7) is 0.930. The maximum Gasteiger partial charge on any atom is 0.347 e. The molecule has 0 aromatic heterocycles. The molecule has 2 amide bonds. The van der Waals surface area contributed by atoms with Gasteiger partial charge in [0.15, 0.2) is 12.7 Å². The molecule has 1 unspecified atom stereocenters. The number of carbonyl (C=O) groups is 3. The van der Waals surface area contributed by atoms with Crippen molar-refractivity contribution in [1.29, 1.82) is 0 Å². The molecule has 2 aromatic carbocycles. The van der Waals surface area contributed by atoms with Crippen molar-refractivity contribution in [2.45, 2.75) is 13.0 Å². The van der Waals surface area contributed by atoms with Gasteiger partial charge < -0.3 is 14.2 Å². The van der Waals surface area contributed by atoms with E-state index in [4.69, 9.17) is 14.2 Å². The highest BCUT2D eigenvalue weighted by atomic mass is 16.6. The van der Waals surface area contributed by atoms with Gasteiger partial charge in [0.05, 0.1) is 7.11 Å². The van der Waals surface area contributed by atoms with Crippen LogP contribution in [0.15, 0.2) is 54.6 Å². The molecular formula is C19H19NO6. The first-order chi connectivity index (χ1) is 12.5. The van der Waals surface area contributed by atoms with E-state index in [2.05, 4.69) is 5.32 Å². The Balaban J connectivity index is 1.78. The lowest BCUT2D eigenvalue weighted by Gasteiger charge is -2.13. The number of hydrogen-bond acceptors (Lipinski definition) is 6. The van der Waals surface area contributed by atoms with E-state index in [-0.39, 0.29) is 5.56 Å². The number of ether oxygens (including phenoxy) is 3. The van der Waals surface area contributed by atoms with E-state index in [1.807, 2.05) is 6.07 Å². The molecule has 0 radical (unpaired) electrons. The summed E-state index contributed by atoms with van der Waals surface area (Å²) in [5, 5.41) is 2.14. The van der Waals surface area contributed by atoms with Crippen LogP contribution in [0.2, 0.25) is 0 Å². The molecule has 0 saturated heterocycles. The Morgan fingerprint density at radius 1 is 0.962 bits per heavy atom. The van der Waals surface area contributed by atoms with E-state index >= 15 is 0 Å². The van der Waals surface area contributed by atoms with Crippen LogP contribution < -0.4 is 14.8 Å². The first-order valence-corrected chi connectivity index (χ1v) is 7.86. The van der Waals surface area contributed by atoms with Crippen LogP contribution in [0.25, 0.3) is 0 Å². The van der Waals surface area contributed by atoms with Gasteiger partial charge in [-0.25, -0.2) is 4.79 Å². The van der Waals surface area contributed by atoms with Crippen LogP contribution in [0.4, 0.5) is 0 Å². The fourth-order valence-electron chi connectivity index (χ4n) is 1.98. The predicted molar refractivity (Wildman–Crippen MR) is 93.0 cm³/mol. The Labute approximate surface area is 150 Å². The number of para-hydroxylation sites is 1. The van der Waals surface area contributed by atoms with Gasteiger partial charge in [0.1, 0.15) is 11.5 Å². The number of hydrogen-bond donors (Lipinski definition) is 1. The minimum Gasteiger partial charge on any atom is -0.497 e. The van der Waals surface area contributed by atoms with E-state index in [9.17, 15) is 14.4 Å².